The van der Waals surface area contributed by atoms with Crippen molar-refractivity contribution in [1.82, 2.24) is 10.2 Å². The van der Waals surface area contributed by atoms with Gasteiger partial charge in [0.05, 0.1) is 17.8 Å². The van der Waals surface area contributed by atoms with E-state index in [1.54, 1.807) is 12.1 Å². The number of amides is 1. The van der Waals surface area contributed by atoms with Crippen molar-refractivity contribution in [2.75, 3.05) is 20.2 Å². The normalized spacial score (nSPS) is 15.8. The molecule has 0 aliphatic carbocycles. The fraction of sp³-hybridized carbons (Fsp3) is 0.263. The highest BCUT2D eigenvalue weighted by molar-refractivity contribution is 6.14. The highest BCUT2D eigenvalue weighted by Gasteiger charge is 2.22. The molecule has 0 aromatic heterocycles. The van der Waals surface area contributed by atoms with Gasteiger partial charge in [0.2, 0.25) is 0 Å². The topological polar surface area (TPSA) is 72.0 Å². The van der Waals surface area contributed by atoms with Crippen LogP contribution in [0.5, 0.6) is 5.75 Å². The lowest BCUT2D eigenvalue weighted by molar-refractivity contribution is 0.0472. The highest BCUT2D eigenvalue weighted by Crippen LogP contribution is 2.31. The van der Waals surface area contributed by atoms with E-state index in [0.717, 1.165) is 11.3 Å². The molecule has 0 saturated carbocycles. The quantitative estimate of drug-likeness (QED) is 0.711. The predicted molar refractivity (Wildman–Crippen MR) is 102 cm³/mol. The summed E-state index contributed by atoms with van der Waals surface area (Å²) in [6, 6.07) is 11.8. The Hall–Kier alpha value is -2.64. The summed E-state index contributed by atoms with van der Waals surface area (Å²) in [7, 11) is 1.46. The molecule has 2 aromatic rings. The number of halogens is 2. The van der Waals surface area contributed by atoms with Crippen LogP contribution in [-0.4, -0.2) is 37.9 Å². The van der Waals surface area contributed by atoms with Crippen LogP contribution in [0.25, 0.3) is 11.1 Å². The van der Waals surface area contributed by atoms with Gasteiger partial charge in [-0.1, -0.05) is 29.4 Å². The first-order valence-corrected chi connectivity index (χ1v) is 8.79. The van der Waals surface area contributed by atoms with E-state index < -0.39 is 11.7 Å². The van der Waals surface area contributed by atoms with Gasteiger partial charge in [-0.25, -0.2) is 9.23 Å². The Kier molecular flexibility index (Phi) is 6.26. The lowest BCUT2D eigenvalue weighted by Crippen LogP contribution is -2.21. The fourth-order valence-electron chi connectivity index (χ4n) is 2.77. The smallest absolute Gasteiger partial charge is 0.253 e. The molecule has 0 saturated heterocycles. The Morgan fingerprint density at radius 2 is 2.19 bits per heavy atom. The van der Waals surface area contributed by atoms with E-state index in [1.165, 1.54) is 19.2 Å². The third-order valence-corrected chi connectivity index (χ3v) is 4.26. The molecule has 0 bridgehead atoms. The molecule has 0 radical (unpaired) electrons. The number of benzene rings is 2. The van der Waals surface area contributed by atoms with Gasteiger partial charge in [-0.15, -0.1) is 0 Å². The highest BCUT2D eigenvalue weighted by atomic mass is 35.5. The molecule has 1 aliphatic rings. The molecular weight excluding hydrogens is 373 g/mol. The summed E-state index contributed by atoms with van der Waals surface area (Å²) in [5.41, 5.74) is 2.16. The molecule has 6 nitrogen and oxygen atoms in total. The van der Waals surface area contributed by atoms with E-state index >= 15 is 0 Å². The molecule has 142 valence electrons. The summed E-state index contributed by atoms with van der Waals surface area (Å²) in [4.78, 5) is 19.5. The van der Waals surface area contributed by atoms with E-state index in [0.29, 0.717) is 30.9 Å². The molecule has 1 aliphatic heterocycles. The largest absolute Gasteiger partial charge is 0.489 e. The SMILES string of the molecule is CNC(=O)c1ccc(-c2ccccc2OCC2CC(CNCl)=NO2)cc1F. The summed E-state index contributed by atoms with van der Waals surface area (Å²) < 4.78 is 20.2. The molecular formula is C19H19ClFN3O3. The zero-order chi connectivity index (χ0) is 19.2. The average molecular weight is 392 g/mol. The summed E-state index contributed by atoms with van der Waals surface area (Å²) in [6.07, 6.45) is 0.419. The minimum Gasteiger partial charge on any atom is -0.489 e. The lowest BCUT2D eigenvalue weighted by Gasteiger charge is -2.14. The van der Waals surface area contributed by atoms with Crippen LogP contribution in [0.15, 0.2) is 47.6 Å². The van der Waals surface area contributed by atoms with Gasteiger partial charge >= 0.3 is 0 Å². The van der Waals surface area contributed by atoms with E-state index in [1.807, 2.05) is 18.2 Å². The van der Waals surface area contributed by atoms with Crippen LogP contribution < -0.4 is 14.9 Å². The van der Waals surface area contributed by atoms with Crippen LogP contribution >= 0.6 is 11.8 Å². The van der Waals surface area contributed by atoms with Crippen LogP contribution in [0.4, 0.5) is 4.39 Å². The summed E-state index contributed by atoms with van der Waals surface area (Å²) in [5.74, 6) is -0.464. The van der Waals surface area contributed by atoms with Crippen molar-refractivity contribution >= 4 is 23.4 Å². The zero-order valence-corrected chi connectivity index (χ0v) is 15.4. The van der Waals surface area contributed by atoms with Gasteiger partial charge in [0.1, 0.15) is 18.2 Å². The lowest BCUT2D eigenvalue weighted by atomic mass is 10.0. The second-order valence-electron chi connectivity index (χ2n) is 5.98. The van der Waals surface area contributed by atoms with Crippen LogP contribution in [0, 0.1) is 5.82 Å². The number of hydrogen-bond donors (Lipinski definition) is 2. The van der Waals surface area contributed by atoms with E-state index in [2.05, 4.69) is 15.3 Å². The first kappa shape index (κ1) is 19.1. The van der Waals surface area contributed by atoms with Gasteiger partial charge in [0, 0.05) is 19.0 Å². The van der Waals surface area contributed by atoms with Crippen LogP contribution in [0.1, 0.15) is 16.8 Å². The Labute approximate surface area is 161 Å². The standard InChI is InChI=1S/C19H19ClFN3O3/c1-22-19(25)16-7-6-12(8-17(16)21)15-4-2-3-5-18(15)26-11-14-9-13(10-23-20)24-27-14/h2-8,14,23H,9-11H2,1H3,(H,22,25). The fourth-order valence-corrected chi connectivity index (χ4v) is 2.93. The Balaban J connectivity index is 1.73. The van der Waals surface area contributed by atoms with E-state index in [4.69, 9.17) is 21.4 Å². The monoisotopic (exact) mass is 391 g/mol. The van der Waals surface area contributed by atoms with Crippen molar-refractivity contribution in [2.24, 2.45) is 5.16 Å². The van der Waals surface area contributed by atoms with Gasteiger partial charge in [-0.2, -0.15) is 0 Å². The van der Waals surface area contributed by atoms with Gasteiger partial charge in [0.25, 0.3) is 5.91 Å². The summed E-state index contributed by atoms with van der Waals surface area (Å²) in [5, 5.41) is 6.36. The maximum Gasteiger partial charge on any atom is 0.253 e. The molecule has 0 fully saturated rings. The minimum atomic E-state index is -0.590. The molecule has 0 spiro atoms. The summed E-state index contributed by atoms with van der Waals surface area (Å²) in [6.45, 7) is 0.747. The van der Waals surface area contributed by atoms with Crippen molar-refractivity contribution in [3.05, 3.63) is 53.8 Å². The molecule has 1 heterocycles. The number of ether oxygens (including phenoxy) is 1. The Morgan fingerprint density at radius 3 is 2.93 bits per heavy atom. The Morgan fingerprint density at radius 1 is 1.37 bits per heavy atom. The number of nitrogens with zero attached hydrogens (tertiary/aromatic N) is 1. The minimum absolute atomic E-state index is 0.00316. The molecule has 2 N–H and O–H groups in total. The van der Waals surface area contributed by atoms with E-state index in [-0.39, 0.29) is 11.7 Å². The van der Waals surface area contributed by atoms with Gasteiger partial charge in [-0.05, 0) is 35.5 Å². The van der Waals surface area contributed by atoms with Crippen molar-refractivity contribution in [1.29, 1.82) is 0 Å². The van der Waals surface area contributed by atoms with Crippen molar-refractivity contribution in [3.8, 4) is 16.9 Å². The van der Waals surface area contributed by atoms with Gasteiger partial charge < -0.3 is 14.9 Å². The van der Waals surface area contributed by atoms with Crippen molar-refractivity contribution in [3.63, 3.8) is 0 Å². The molecule has 3 rings (SSSR count). The predicted octanol–water partition coefficient (Wildman–Crippen LogP) is 3.12. The first-order valence-electron chi connectivity index (χ1n) is 8.41. The number of nitrogens with one attached hydrogen (secondary N) is 2. The van der Waals surface area contributed by atoms with Crippen LogP contribution in [0.2, 0.25) is 0 Å². The number of hydrogen-bond acceptors (Lipinski definition) is 5. The number of carbonyl (C=O) groups is 1. The second kappa shape index (κ2) is 8.83. The first-order chi connectivity index (χ1) is 13.1. The van der Waals surface area contributed by atoms with Crippen molar-refractivity contribution < 1.29 is 18.8 Å². The number of oxime groups is 1. The maximum atomic E-state index is 14.3. The number of para-hydroxylation sites is 1. The summed E-state index contributed by atoms with van der Waals surface area (Å²) >= 11 is 5.47. The second-order valence-corrected chi connectivity index (χ2v) is 6.25. The van der Waals surface area contributed by atoms with E-state index in [9.17, 15) is 9.18 Å². The molecule has 8 heteroatoms. The maximum absolute atomic E-state index is 14.3. The number of carbonyl (C=O) groups excluding carboxylic acids is 1. The van der Waals surface area contributed by atoms with Crippen molar-refractivity contribution in [2.45, 2.75) is 12.5 Å². The molecule has 1 atom stereocenters. The third-order valence-electron chi connectivity index (χ3n) is 4.13. The van der Waals surface area contributed by atoms with Gasteiger partial charge in [0.15, 0.2) is 6.10 Å². The molecule has 1 unspecified atom stereocenters. The zero-order valence-electron chi connectivity index (χ0n) is 14.7. The van der Waals surface area contributed by atoms with Crippen LogP contribution in [-0.2, 0) is 4.84 Å². The molecule has 27 heavy (non-hydrogen) atoms. The molecule has 1 amide bonds. The average Bonchev–Trinajstić information content (AvgIpc) is 3.14. The number of rotatable bonds is 7. The van der Waals surface area contributed by atoms with Crippen LogP contribution in [0.3, 0.4) is 0 Å². The van der Waals surface area contributed by atoms with Gasteiger partial charge in [-0.3, -0.25) is 4.79 Å². The molecule has 2 aromatic carbocycles. The third kappa shape index (κ3) is 4.56. The Bertz CT molecular complexity index is 860.